The molecule has 1 N–H and O–H groups in total. The van der Waals surface area contributed by atoms with E-state index >= 15 is 0 Å². The van der Waals surface area contributed by atoms with E-state index in [1.165, 1.54) is 0 Å². The third-order valence-electron chi connectivity index (χ3n) is 4.64. The van der Waals surface area contributed by atoms with Gasteiger partial charge in [-0.3, -0.25) is 0 Å². The molecule has 0 aromatic heterocycles. The summed E-state index contributed by atoms with van der Waals surface area (Å²) in [6.07, 6.45) is 11.6. The molecule has 0 radical (unpaired) electrons. The third kappa shape index (κ3) is 3.35. The number of rotatable bonds is 6. The molecule has 1 nitrogen and oxygen atoms in total. The average molecular weight is 302 g/mol. The number of aliphatic hydroxyl groups is 1. The van der Waals surface area contributed by atoms with Crippen molar-refractivity contribution in [2.75, 3.05) is 0 Å². The van der Waals surface area contributed by atoms with Crippen LogP contribution in [0.15, 0.2) is 85.5 Å². The normalized spacial score (nSPS) is 16.7. The lowest BCUT2D eigenvalue weighted by molar-refractivity contribution is 0.0861. The maximum absolute atomic E-state index is 11.3. The largest absolute Gasteiger partial charge is 0.381 e. The van der Waals surface area contributed by atoms with Crippen molar-refractivity contribution in [2.24, 2.45) is 5.41 Å². The summed E-state index contributed by atoms with van der Waals surface area (Å²) in [6.45, 7) is 3.94. The van der Waals surface area contributed by atoms with Gasteiger partial charge in [0.15, 0.2) is 0 Å². The number of hydrogen-bond acceptors (Lipinski definition) is 1. The van der Waals surface area contributed by atoms with E-state index in [1.807, 2.05) is 91.0 Å². The van der Waals surface area contributed by atoms with Crippen molar-refractivity contribution < 1.29 is 5.11 Å². The van der Waals surface area contributed by atoms with E-state index in [4.69, 9.17) is 0 Å². The van der Waals surface area contributed by atoms with Gasteiger partial charge in [-0.2, -0.15) is 0 Å². The van der Waals surface area contributed by atoms with Crippen molar-refractivity contribution in [1.29, 1.82) is 0 Å². The second-order valence-corrected chi connectivity index (χ2v) is 6.17. The van der Waals surface area contributed by atoms with E-state index in [-0.39, 0.29) is 5.41 Å². The lowest BCUT2D eigenvalue weighted by Gasteiger charge is -2.29. The highest BCUT2D eigenvalue weighted by molar-refractivity contribution is 5.57. The van der Waals surface area contributed by atoms with Crippen LogP contribution in [0.3, 0.4) is 0 Å². The summed E-state index contributed by atoms with van der Waals surface area (Å²) in [4.78, 5) is 0. The minimum atomic E-state index is -1.01. The molecule has 0 heterocycles. The van der Waals surface area contributed by atoms with Crippen molar-refractivity contribution in [1.82, 2.24) is 0 Å². The molecule has 1 fully saturated rings. The van der Waals surface area contributed by atoms with Gasteiger partial charge in [-0.15, -0.1) is 6.58 Å². The topological polar surface area (TPSA) is 20.2 Å². The minimum absolute atomic E-state index is 0.246. The summed E-state index contributed by atoms with van der Waals surface area (Å²) in [5.74, 6) is 0. The van der Waals surface area contributed by atoms with Gasteiger partial charge in [0.2, 0.25) is 0 Å². The van der Waals surface area contributed by atoms with Gasteiger partial charge in [0.1, 0.15) is 5.60 Å². The van der Waals surface area contributed by atoms with E-state index in [9.17, 15) is 5.11 Å². The predicted octanol–water partition coefficient (Wildman–Crippen LogP) is 5.11. The zero-order valence-corrected chi connectivity index (χ0v) is 13.2. The van der Waals surface area contributed by atoms with Crippen molar-refractivity contribution in [3.8, 4) is 0 Å². The van der Waals surface area contributed by atoms with E-state index in [0.29, 0.717) is 0 Å². The van der Waals surface area contributed by atoms with Gasteiger partial charge < -0.3 is 5.11 Å². The molecule has 0 unspecified atom stereocenters. The molecule has 116 valence electrons. The van der Waals surface area contributed by atoms with Gasteiger partial charge in [-0.1, -0.05) is 78.9 Å². The molecular formula is C22H22O. The SMILES string of the molecule is C=CC1(C(O)(/C=C/c2ccccc2)/C=C/c2ccccc2)CC1. The fourth-order valence-corrected chi connectivity index (χ4v) is 2.87. The molecule has 3 rings (SSSR count). The van der Waals surface area contributed by atoms with E-state index in [2.05, 4.69) is 6.58 Å². The summed E-state index contributed by atoms with van der Waals surface area (Å²) in [5, 5.41) is 11.3. The van der Waals surface area contributed by atoms with Gasteiger partial charge in [0.05, 0.1) is 0 Å². The van der Waals surface area contributed by atoms with Crippen molar-refractivity contribution >= 4 is 12.2 Å². The van der Waals surface area contributed by atoms with Crippen LogP contribution in [-0.4, -0.2) is 10.7 Å². The van der Waals surface area contributed by atoms with Crippen LogP contribution in [0.4, 0.5) is 0 Å². The maximum atomic E-state index is 11.3. The molecule has 1 saturated carbocycles. The van der Waals surface area contributed by atoms with E-state index in [1.54, 1.807) is 0 Å². The summed E-state index contributed by atoms with van der Waals surface area (Å²) in [7, 11) is 0. The molecule has 0 aliphatic heterocycles. The fraction of sp³-hybridized carbons (Fsp3) is 0.182. The molecule has 1 heteroatoms. The van der Waals surface area contributed by atoms with Gasteiger partial charge in [-0.25, -0.2) is 0 Å². The molecule has 2 aromatic rings. The Bertz CT molecular complexity index is 657. The van der Waals surface area contributed by atoms with Crippen molar-refractivity contribution in [3.05, 3.63) is 96.6 Å². The minimum Gasteiger partial charge on any atom is -0.381 e. The molecule has 23 heavy (non-hydrogen) atoms. The molecular weight excluding hydrogens is 280 g/mol. The van der Waals surface area contributed by atoms with Crippen LogP contribution in [0, 0.1) is 5.41 Å². The van der Waals surface area contributed by atoms with Crippen LogP contribution >= 0.6 is 0 Å². The quantitative estimate of drug-likeness (QED) is 0.735. The highest BCUT2D eigenvalue weighted by Gasteiger charge is 2.54. The number of benzene rings is 2. The first-order chi connectivity index (χ1) is 11.2. The molecule has 1 aliphatic rings. The first kappa shape index (κ1) is 15.5. The van der Waals surface area contributed by atoms with Crippen LogP contribution in [0.1, 0.15) is 24.0 Å². The Kier molecular flexibility index (Phi) is 4.31. The Morgan fingerprint density at radius 3 is 1.61 bits per heavy atom. The smallest absolute Gasteiger partial charge is 0.110 e. The Morgan fingerprint density at radius 1 is 0.826 bits per heavy atom. The monoisotopic (exact) mass is 302 g/mol. The second-order valence-electron chi connectivity index (χ2n) is 6.17. The fourth-order valence-electron chi connectivity index (χ4n) is 2.87. The van der Waals surface area contributed by atoms with Gasteiger partial charge in [-0.05, 0) is 36.1 Å². The average Bonchev–Trinajstić information content (AvgIpc) is 3.42. The van der Waals surface area contributed by atoms with Gasteiger partial charge >= 0.3 is 0 Å². The summed E-state index contributed by atoms with van der Waals surface area (Å²) in [6, 6.07) is 20.1. The molecule has 0 bridgehead atoms. The third-order valence-corrected chi connectivity index (χ3v) is 4.64. The maximum Gasteiger partial charge on any atom is 0.110 e. The molecule has 0 amide bonds. The highest BCUT2D eigenvalue weighted by atomic mass is 16.3. The highest BCUT2D eigenvalue weighted by Crippen LogP contribution is 2.56. The standard InChI is InChI=1S/C22H22O/c1-2-21(17-18-21)22(23,15-13-19-9-5-3-6-10-19)16-14-20-11-7-4-8-12-20/h2-16,23H,1,17-18H2/b15-13+,16-14+. The van der Waals surface area contributed by atoms with Crippen molar-refractivity contribution in [2.45, 2.75) is 18.4 Å². The summed E-state index contributed by atoms with van der Waals surface area (Å²) >= 11 is 0. The molecule has 2 aromatic carbocycles. The number of hydrogen-bond donors (Lipinski definition) is 1. The van der Waals surface area contributed by atoms with Crippen LogP contribution in [0.5, 0.6) is 0 Å². The zero-order valence-electron chi connectivity index (χ0n) is 13.2. The first-order valence-corrected chi connectivity index (χ1v) is 8.02. The van der Waals surface area contributed by atoms with E-state index < -0.39 is 5.60 Å². The Morgan fingerprint density at radius 2 is 1.26 bits per heavy atom. The van der Waals surface area contributed by atoms with Crippen LogP contribution in [0.2, 0.25) is 0 Å². The van der Waals surface area contributed by atoms with Crippen LogP contribution in [0.25, 0.3) is 12.2 Å². The first-order valence-electron chi connectivity index (χ1n) is 8.02. The van der Waals surface area contributed by atoms with Gasteiger partial charge in [0, 0.05) is 5.41 Å². The zero-order chi connectivity index (χ0) is 16.2. The molecule has 0 saturated heterocycles. The Labute approximate surface area is 138 Å². The lowest BCUT2D eigenvalue weighted by atomic mass is 9.82. The van der Waals surface area contributed by atoms with Crippen molar-refractivity contribution in [3.63, 3.8) is 0 Å². The lowest BCUT2D eigenvalue weighted by Crippen LogP contribution is -2.34. The summed E-state index contributed by atoms with van der Waals surface area (Å²) < 4.78 is 0. The summed E-state index contributed by atoms with van der Waals surface area (Å²) in [5.41, 5.74) is 0.905. The molecule has 0 spiro atoms. The van der Waals surface area contributed by atoms with Crippen LogP contribution in [-0.2, 0) is 0 Å². The predicted molar refractivity (Wildman–Crippen MR) is 97.8 cm³/mol. The van der Waals surface area contributed by atoms with E-state index in [0.717, 1.165) is 24.0 Å². The second kappa shape index (κ2) is 6.39. The van der Waals surface area contributed by atoms with Crippen LogP contribution < -0.4 is 0 Å². The van der Waals surface area contributed by atoms with Gasteiger partial charge in [0.25, 0.3) is 0 Å². The Hall–Kier alpha value is -2.38. The Balaban J connectivity index is 1.90. The molecule has 1 aliphatic carbocycles. The molecule has 0 atom stereocenters.